The van der Waals surface area contributed by atoms with Crippen molar-refractivity contribution in [2.75, 3.05) is 0 Å². The number of halogens is 1. The lowest BCUT2D eigenvalue weighted by atomic mass is 10.2. The first kappa shape index (κ1) is 12.7. The Labute approximate surface area is 121 Å². The fraction of sp³-hybridized carbons (Fsp3) is 0.400. The summed E-state index contributed by atoms with van der Waals surface area (Å²) in [5.74, 6) is 0.115. The van der Waals surface area contributed by atoms with Gasteiger partial charge in [0, 0.05) is 27.6 Å². The molecule has 2 aromatic rings. The van der Waals surface area contributed by atoms with E-state index < -0.39 is 0 Å². The summed E-state index contributed by atoms with van der Waals surface area (Å²) in [6, 6.07) is 8.50. The first-order valence-electron chi connectivity index (χ1n) is 6.77. The molecule has 1 amide bonds. The topological polar surface area (TPSA) is 34.0 Å². The maximum atomic E-state index is 12.1. The Bertz CT molecular complexity index is 599. The highest BCUT2D eigenvalue weighted by molar-refractivity contribution is 9.10. The minimum Gasteiger partial charge on any atom is -0.352 e. The molecule has 0 radical (unpaired) electrons. The lowest BCUT2D eigenvalue weighted by Gasteiger charge is -2.12. The van der Waals surface area contributed by atoms with Crippen molar-refractivity contribution in [2.24, 2.45) is 0 Å². The average molecular weight is 321 g/mol. The molecule has 0 unspecified atom stereocenters. The molecule has 0 bridgehead atoms. The zero-order chi connectivity index (χ0) is 13.2. The van der Waals surface area contributed by atoms with Crippen LogP contribution in [-0.2, 0) is 11.3 Å². The second-order valence-electron chi connectivity index (χ2n) is 5.17. The molecule has 100 valence electrons. The monoisotopic (exact) mass is 320 g/mol. The van der Waals surface area contributed by atoms with E-state index in [0.29, 0.717) is 12.6 Å². The van der Waals surface area contributed by atoms with Gasteiger partial charge in [0.25, 0.3) is 0 Å². The van der Waals surface area contributed by atoms with Gasteiger partial charge in [-0.2, -0.15) is 0 Å². The number of hydrogen-bond acceptors (Lipinski definition) is 1. The summed E-state index contributed by atoms with van der Waals surface area (Å²) >= 11 is 3.53. The molecule has 0 spiro atoms. The minimum absolute atomic E-state index is 0.115. The fourth-order valence-electron chi connectivity index (χ4n) is 2.82. The summed E-state index contributed by atoms with van der Waals surface area (Å²) in [6.45, 7) is 0.399. The van der Waals surface area contributed by atoms with Gasteiger partial charge in [0.1, 0.15) is 6.54 Å². The Morgan fingerprint density at radius 1 is 1.32 bits per heavy atom. The summed E-state index contributed by atoms with van der Waals surface area (Å²) in [5, 5.41) is 4.27. The number of hydrogen-bond donors (Lipinski definition) is 1. The van der Waals surface area contributed by atoms with E-state index in [1.165, 1.54) is 12.8 Å². The molecular formula is C15H17BrN2O. The van der Waals surface area contributed by atoms with Crippen molar-refractivity contribution >= 4 is 32.7 Å². The molecule has 1 aromatic heterocycles. The van der Waals surface area contributed by atoms with Crippen LogP contribution in [0.2, 0.25) is 0 Å². The van der Waals surface area contributed by atoms with Gasteiger partial charge in [-0.3, -0.25) is 4.79 Å². The number of fused-ring (bicyclic) bond motifs is 1. The number of rotatable bonds is 3. The van der Waals surface area contributed by atoms with Crippen molar-refractivity contribution in [2.45, 2.75) is 38.3 Å². The Balaban J connectivity index is 1.74. The van der Waals surface area contributed by atoms with E-state index in [9.17, 15) is 4.79 Å². The van der Waals surface area contributed by atoms with Crippen molar-refractivity contribution in [1.82, 2.24) is 9.88 Å². The number of carbonyl (C=O) groups excluding carboxylic acids is 1. The second kappa shape index (κ2) is 5.37. The molecule has 0 saturated heterocycles. The Morgan fingerprint density at radius 3 is 2.89 bits per heavy atom. The van der Waals surface area contributed by atoms with Crippen molar-refractivity contribution in [1.29, 1.82) is 0 Å². The SMILES string of the molecule is O=C(Cn1ccc2c(Br)cccc21)NC1CCCC1. The van der Waals surface area contributed by atoms with E-state index in [-0.39, 0.29) is 5.91 Å². The number of aromatic nitrogens is 1. The third-order valence-electron chi connectivity index (χ3n) is 3.79. The van der Waals surface area contributed by atoms with E-state index in [0.717, 1.165) is 28.2 Å². The molecule has 3 nitrogen and oxygen atoms in total. The molecule has 1 N–H and O–H groups in total. The van der Waals surface area contributed by atoms with Crippen molar-refractivity contribution in [3.8, 4) is 0 Å². The maximum Gasteiger partial charge on any atom is 0.240 e. The first-order valence-corrected chi connectivity index (χ1v) is 7.56. The predicted molar refractivity (Wildman–Crippen MR) is 80.0 cm³/mol. The number of benzene rings is 1. The van der Waals surface area contributed by atoms with Gasteiger partial charge < -0.3 is 9.88 Å². The van der Waals surface area contributed by atoms with Crippen LogP contribution < -0.4 is 5.32 Å². The van der Waals surface area contributed by atoms with Crippen LogP contribution in [0, 0.1) is 0 Å². The maximum absolute atomic E-state index is 12.1. The lowest BCUT2D eigenvalue weighted by Crippen LogP contribution is -2.35. The van der Waals surface area contributed by atoms with Crippen LogP contribution in [0.3, 0.4) is 0 Å². The fourth-order valence-corrected chi connectivity index (χ4v) is 3.31. The van der Waals surface area contributed by atoms with Gasteiger partial charge in [0.2, 0.25) is 5.91 Å². The van der Waals surface area contributed by atoms with Gasteiger partial charge in [-0.05, 0) is 31.0 Å². The summed E-state index contributed by atoms with van der Waals surface area (Å²) in [5.41, 5.74) is 1.09. The zero-order valence-corrected chi connectivity index (χ0v) is 12.3. The molecule has 0 aliphatic heterocycles. The highest BCUT2D eigenvalue weighted by Gasteiger charge is 2.17. The minimum atomic E-state index is 0.115. The first-order chi connectivity index (χ1) is 9.24. The summed E-state index contributed by atoms with van der Waals surface area (Å²) in [6.07, 6.45) is 6.71. The van der Waals surface area contributed by atoms with Gasteiger partial charge in [-0.15, -0.1) is 0 Å². The molecule has 4 heteroatoms. The second-order valence-corrected chi connectivity index (χ2v) is 6.02. The lowest BCUT2D eigenvalue weighted by molar-refractivity contribution is -0.122. The van der Waals surface area contributed by atoms with Crippen LogP contribution in [0.5, 0.6) is 0 Å². The van der Waals surface area contributed by atoms with Crippen LogP contribution in [0.15, 0.2) is 34.9 Å². The van der Waals surface area contributed by atoms with Crippen LogP contribution in [0.4, 0.5) is 0 Å². The highest BCUT2D eigenvalue weighted by atomic mass is 79.9. The van der Waals surface area contributed by atoms with Crippen molar-refractivity contribution < 1.29 is 4.79 Å². The van der Waals surface area contributed by atoms with Crippen LogP contribution in [0.1, 0.15) is 25.7 Å². The number of amides is 1. The van der Waals surface area contributed by atoms with E-state index in [1.807, 2.05) is 35.0 Å². The molecule has 19 heavy (non-hydrogen) atoms. The highest BCUT2D eigenvalue weighted by Crippen LogP contribution is 2.24. The third kappa shape index (κ3) is 2.68. The molecule has 1 heterocycles. The van der Waals surface area contributed by atoms with Gasteiger partial charge >= 0.3 is 0 Å². The largest absolute Gasteiger partial charge is 0.352 e. The van der Waals surface area contributed by atoms with Crippen LogP contribution >= 0.6 is 15.9 Å². The van der Waals surface area contributed by atoms with Gasteiger partial charge in [-0.1, -0.05) is 34.8 Å². The van der Waals surface area contributed by atoms with Gasteiger partial charge in [0.05, 0.1) is 0 Å². The molecule has 3 rings (SSSR count). The number of nitrogens with zero attached hydrogens (tertiary/aromatic N) is 1. The standard InChI is InChI=1S/C15H17BrN2O/c16-13-6-3-7-14-12(13)8-9-18(14)10-15(19)17-11-4-1-2-5-11/h3,6-9,11H,1-2,4-5,10H2,(H,17,19). The predicted octanol–water partition coefficient (Wildman–Crippen LogP) is 3.46. The van der Waals surface area contributed by atoms with E-state index in [4.69, 9.17) is 0 Å². The smallest absolute Gasteiger partial charge is 0.240 e. The van der Waals surface area contributed by atoms with Crippen molar-refractivity contribution in [3.63, 3.8) is 0 Å². The van der Waals surface area contributed by atoms with E-state index in [2.05, 4.69) is 21.2 Å². The van der Waals surface area contributed by atoms with Crippen molar-refractivity contribution in [3.05, 3.63) is 34.9 Å². The van der Waals surface area contributed by atoms with E-state index >= 15 is 0 Å². The van der Waals surface area contributed by atoms with Gasteiger partial charge in [-0.25, -0.2) is 0 Å². The van der Waals surface area contributed by atoms with Crippen LogP contribution in [-0.4, -0.2) is 16.5 Å². The average Bonchev–Trinajstić information content (AvgIpc) is 3.01. The number of carbonyl (C=O) groups is 1. The quantitative estimate of drug-likeness (QED) is 0.923. The molecule has 1 aliphatic carbocycles. The normalized spacial score (nSPS) is 16.1. The summed E-state index contributed by atoms with van der Waals surface area (Å²) in [7, 11) is 0. The zero-order valence-electron chi connectivity index (χ0n) is 10.7. The Kier molecular flexibility index (Phi) is 3.60. The Morgan fingerprint density at radius 2 is 2.11 bits per heavy atom. The molecule has 1 fully saturated rings. The summed E-state index contributed by atoms with van der Waals surface area (Å²) < 4.78 is 3.07. The molecule has 1 aromatic carbocycles. The summed E-state index contributed by atoms with van der Waals surface area (Å²) in [4.78, 5) is 12.1. The van der Waals surface area contributed by atoms with E-state index in [1.54, 1.807) is 0 Å². The van der Waals surface area contributed by atoms with Gasteiger partial charge in [0.15, 0.2) is 0 Å². The Hall–Kier alpha value is -1.29. The number of nitrogens with one attached hydrogen (secondary N) is 1. The molecular weight excluding hydrogens is 304 g/mol. The van der Waals surface area contributed by atoms with Crippen LogP contribution in [0.25, 0.3) is 10.9 Å². The third-order valence-corrected chi connectivity index (χ3v) is 4.49. The molecule has 1 saturated carbocycles. The molecule has 0 atom stereocenters. The molecule has 1 aliphatic rings.